The molecular weight excluding hydrogens is 239 g/mol. The van der Waals surface area contributed by atoms with Gasteiger partial charge in [-0.1, -0.05) is 13.3 Å². The van der Waals surface area contributed by atoms with Crippen LogP contribution in [0.2, 0.25) is 0 Å². The van der Waals surface area contributed by atoms with E-state index in [1.165, 1.54) is 0 Å². The van der Waals surface area contributed by atoms with E-state index in [1.807, 2.05) is 34.6 Å². The lowest BCUT2D eigenvalue weighted by molar-refractivity contribution is 0.132. The normalized spacial score (nSPS) is 14.6. The Balaban J connectivity index is 4.88. The molecule has 5 heteroatoms. The zero-order valence-corrected chi connectivity index (χ0v) is 12.6. The van der Waals surface area contributed by atoms with Gasteiger partial charge in [-0.05, 0) is 40.5 Å². The Labute approximate surface area is 105 Å². The van der Waals surface area contributed by atoms with Crippen molar-refractivity contribution in [3.05, 3.63) is 0 Å². The molecular formula is C12H27O4P. The van der Waals surface area contributed by atoms with Gasteiger partial charge in [0.2, 0.25) is 0 Å². The second-order valence-electron chi connectivity index (χ2n) is 4.80. The van der Waals surface area contributed by atoms with Crippen LogP contribution in [0.1, 0.15) is 53.9 Å². The summed E-state index contributed by atoms with van der Waals surface area (Å²) >= 11 is 0. The lowest BCUT2D eigenvalue weighted by Crippen LogP contribution is -2.19. The van der Waals surface area contributed by atoms with Crippen LogP contribution in [0.15, 0.2) is 0 Å². The molecule has 0 heterocycles. The van der Waals surface area contributed by atoms with Gasteiger partial charge in [-0.25, -0.2) is 0 Å². The van der Waals surface area contributed by atoms with Gasteiger partial charge in [0.15, 0.2) is 0 Å². The molecule has 104 valence electrons. The van der Waals surface area contributed by atoms with Crippen molar-refractivity contribution in [1.29, 1.82) is 0 Å². The maximum Gasteiger partial charge on any atom is 0.334 e. The first kappa shape index (κ1) is 17.1. The Bertz CT molecular complexity index is 221. The van der Waals surface area contributed by atoms with Crippen LogP contribution in [0.4, 0.5) is 0 Å². The molecule has 0 aliphatic carbocycles. The zero-order valence-electron chi connectivity index (χ0n) is 11.7. The summed E-state index contributed by atoms with van der Waals surface area (Å²) < 4.78 is 23.8. The highest BCUT2D eigenvalue weighted by molar-refractivity contribution is 7.54. The van der Waals surface area contributed by atoms with Gasteiger partial charge in [0, 0.05) is 6.61 Å². The fourth-order valence-electron chi connectivity index (χ4n) is 1.73. The minimum absolute atomic E-state index is 0.0115. The second-order valence-corrected chi connectivity index (χ2v) is 7.03. The van der Waals surface area contributed by atoms with E-state index in [0.29, 0.717) is 6.42 Å². The average Bonchev–Trinajstić information content (AvgIpc) is 2.14. The number of aliphatic hydroxyl groups is 1. The molecule has 0 fully saturated rings. The van der Waals surface area contributed by atoms with Crippen LogP contribution in [-0.4, -0.2) is 29.6 Å². The van der Waals surface area contributed by atoms with Crippen molar-refractivity contribution < 1.29 is 18.7 Å². The van der Waals surface area contributed by atoms with E-state index in [4.69, 9.17) is 14.2 Å². The smallest absolute Gasteiger partial charge is 0.334 e. The highest BCUT2D eigenvalue weighted by Crippen LogP contribution is 2.57. The van der Waals surface area contributed by atoms with Gasteiger partial charge in [-0.2, -0.15) is 0 Å². The van der Waals surface area contributed by atoms with Gasteiger partial charge in [-0.3, -0.25) is 4.57 Å². The summed E-state index contributed by atoms with van der Waals surface area (Å²) in [4.78, 5) is 0. The predicted octanol–water partition coefficient (Wildman–Crippen LogP) is 3.58. The topological polar surface area (TPSA) is 55.8 Å². The molecule has 0 aliphatic heterocycles. The monoisotopic (exact) mass is 266 g/mol. The Morgan fingerprint density at radius 1 is 1.06 bits per heavy atom. The molecule has 0 aromatic rings. The standard InChI is InChI=1S/C12H27O4P/c1-6-7-12(8-9-13)17(14,15-10(2)3)16-11(4)5/h10-13H,6-9H2,1-5H3/t12-/m1/s1. The number of hydrogen-bond donors (Lipinski definition) is 1. The van der Waals surface area contributed by atoms with Crippen LogP contribution < -0.4 is 0 Å². The molecule has 17 heavy (non-hydrogen) atoms. The molecule has 1 atom stereocenters. The molecule has 0 radical (unpaired) electrons. The largest absolute Gasteiger partial charge is 0.396 e. The first-order valence-electron chi connectivity index (χ1n) is 6.43. The molecule has 0 aliphatic rings. The molecule has 0 bridgehead atoms. The molecule has 0 aromatic heterocycles. The Morgan fingerprint density at radius 3 is 1.82 bits per heavy atom. The van der Waals surface area contributed by atoms with Gasteiger partial charge >= 0.3 is 7.60 Å². The molecule has 0 aromatic carbocycles. The van der Waals surface area contributed by atoms with E-state index in [9.17, 15) is 4.57 Å². The predicted molar refractivity (Wildman–Crippen MR) is 70.4 cm³/mol. The maximum atomic E-state index is 12.8. The van der Waals surface area contributed by atoms with Crippen molar-refractivity contribution in [1.82, 2.24) is 0 Å². The summed E-state index contributed by atoms with van der Waals surface area (Å²) in [6, 6.07) is 0. The van der Waals surface area contributed by atoms with Crippen LogP contribution in [0, 0.1) is 0 Å². The van der Waals surface area contributed by atoms with Crippen molar-refractivity contribution in [2.75, 3.05) is 6.61 Å². The van der Waals surface area contributed by atoms with Crippen LogP contribution in [0.3, 0.4) is 0 Å². The number of rotatable bonds is 9. The average molecular weight is 266 g/mol. The molecule has 1 N–H and O–H groups in total. The molecule has 0 amide bonds. The summed E-state index contributed by atoms with van der Waals surface area (Å²) in [7, 11) is -3.13. The zero-order chi connectivity index (χ0) is 13.5. The van der Waals surface area contributed by atoms with Gasteiger partial charge in [0.1, 0.15) is 0 Å². The lowest BCUT2D eigenvalue weighted by atomic mass is 10.2. The first-order chi connectivity index (χ1) is 7.85. The Kier molecular flexibility index (Phi) is 8.31. The Hall–Kier alpha value is 0.110. The third-order valence-electron chi connectivity index (χ3n) is 2.25. The summed E-state index contributed by atoms with van der Waals surface area (Å²) in [5, 5.41) is 9.06. The summed E-state index contributed by atoms with van der Waals surface area (Å²) in [6.07, 6.45) is 1.83. The van der Waals surface area contributed by atoms with E-state index in [1.54, 1.807) is 0 Å². The summed E-state index contributed by atoms with van der Waals surface area (Å²) in [6.45, 7) is 9.42. The SMILES string of the molecule is CCC[C@H](CCO)P(=O)(OC(C)C)OC(C)C. The van der Waals surface area contributed by atoms with Gasteiger partial charge in [-0.15, -0.1) is 0 Å². The third kappa shape index (κ3) is 6.56. The minimum atomic E-state index is -3.13. The minimum Gasteiger partial charge on any atom is -0.396 e. The molecule has 0 spiro atoms. The number of hydrogen-bond acceptors (Lipinski definition) is 4. The second kappa shape index (κ2) is 8.25. The lowest BCUT2D eigenvalue weighted by Gasteiger charge is -2.29. The van der Waals surface area contributed by atoms with Gasteiger partial charge in [0.25, 0.3) is 0 Å². The van der Waals surface area contributed by atoms with Crippen molar-refractivity contribution in [3.8, 4) is 0 Å². The van der Waals surface area contributed by atoms with Crippen LogP contribution in [-0.2, 0) is 13.6 Å². The quantitative estimate of drug-likeness (QED) is 0.648. The van der Waals surface area contributed by atoms with E-state index < -0.39 is 7.60 Å². The number of aliphatic hydroxyl groups excluding tert-OH is 1. The molecule has 0 saturated carbocycles. The van der Waals surface area contributed by atoms with Crippen molar-refractivity contribution >= 4 is 7.60 Å². The molecule has 0 unspecified atom stereocenters. The highest BCUT2D eigenvalue weighted by atomic mass is 31.2. The van der Waals surface area contributed by atoms with Crippen LogP contribution >= 0.6 is 7.60 Å². The Morgan fingerprint density at radius 2 is 1.53 bits per heavy atom. The van der Waals surface area contributed by atoms with E-state index >= 15 is 0 Å². The van der Waals surface area contributed by atoms with Crippen LogP contribution in [0.5, 0.6) is 0 Å². The fourth-order valence-corrected chi connectivity index (χ4v) is 4.30. The van der Waals surface area contributed by atoms with E-state index in [-0.39, 0.29) is 24.5 Å². The van der Waals surface area contributed by atoms with Crippen LogP contribution in [0.25, 0.3) is 0 Å². The van der Waals surface area contributed by atoms with Gasteiger partial charge in [0.05, 0.1) is 17.9 Å². The van der Waals surface area contributed by atoms with Crippen molar-refractivity contribution in [3.63, 3.8) is 0 Å². The molecule has 4 nitrogen and oxygen atoms in total. The maximum absolute atomic E-state index is 12.8. The van der Waals surface area contributed by atoms with Crippen molar-refractivity contribution in [2.24, 2.45) is 0 Å². The van der Waals surface area contributed by atoms with E-state index in [2.05, 4.69) is 0 Å². The summed E-state index contributed by atoms with van der Waals surface area (Å²) in [5.41, 5.74) is -0.206. The van der Waals surface area contributed by atoms with Crippen molar-refractivity contribution in [2.45, 2.75) is 71.7 Å². The molecule has 0 rings (SSSR count). The fraction of sp³-hybridized carbons (Fsp3) is 1.00. The van der Waals surface area contributed by atoms with Gasteiger partial charge < -0.3 is 14.2 Å². The molecule has 0 saturated heterocycles. The summed E-state index contributed by atoms with van der Waals surface area (Å²) in [5.74, 6) is 0. The van der Waals surface area contributed by atoms with E-state index in [0.717, 1.165) is 12.8 Å². The third-order valence-corrected chi connectivity index (χ3v) is 5.09. The highest BCUT2D eigenvalue weighted by Gasteiger charge is 2.36. The first-order valence-corrected chi connectivity index (χ1v) is 8.04.